The number of carbonyl (C=O) groups excluding carboxylic acids is 1. The Balaban J connectivity index is 0.00000288. The molecule has 7 heteroatoms. The zero-order valence-corrected chi connectivity index (χ0v) is 17.7. The van der Waals surface area contributed by atoms with Crippen LogP contribution in [0.15, 0.2) is 4.99 Å². The second-order valence-corrected chi connectivity index (χ2v) is 6.95. The van der Waals surface area contributed by atoms with Gasteiger partial charge in [0.25, 0.3) is 0 Å². The summed E-state index contributed by atoms with van der Waals surface area (Å²) in [6.45, 7) is 12.1. The Morgan fingerprint density at radius 2 is 1.88 bits per heavy atom. The van der Waals surface area contributed by atoms with Crippen molar-refractivity contribution >= 4 is 35.8 Å². The Morgan fingerprint density at radius 3 is 2.42 bits per heavy atom. The first kappa shape index (κ1) is 21.5. The molecule has 1 aliphatic carbocycles. The maximum atomic E-state index is 11.8. The maximum absolute atomic E-state index is 11.8. The molecule has 0 aromatic rings. The topological polar surface area (TPSA) is 60.0 Å². The fourth-order valence-corrected chi connectivity index (χ4v) is 2.87. The van der Waals surface area contributed by atoms with Crippen molar-refractivity contribution in [3.8, 4) is 0 Å². The summed E-state index contributed by atoms with van der Waals surface area (Å²) in [7, 11) is 0. The number of amides is 1. The molecule has 140 valence electrons. The summed E-state index contributed by atoms with van der Waals surface area (Å²) < 4.78 is 0. The zero-order valence-electron chi connectivity index (χ0n) is 15.4. The molecular weight excluding hydrogens is 417 g/mol. The number of hydrogen-bond donors (Lipinski definition) is 2. The fourth-order valence-electron chi connectivity index (χ4n) is 2.87. The summed E-state index contributed by atoms with van der Waals surface area (Å²) in [5, 5.41) is 6.36. The van der Waals surface area contributed by atoms with E-state index in [0.717, 1.165) is 51.1 Å². The first-order valence-corrected chi connectivity index (χ1v) is 9.13. The van der Waals surface area contributed by atoms with Crippen LogP contribution in [0.1, 0.15) is 40.0 Å². The molecule has 0 aromatic carbocycles. The molecule has 24 heavy (non-hydrogen) atoms. The molecule has 2 aliphatic rings. The molecule has 6 nitrogen and oxygen atoms in total. The van der Waals surface area contributed by atoms with Gasteiger partial charge in [0, 0.05) is 45.3 Å². The molecule has 1 heterocycles. The van der Waals surface area contributed by atoms with E-state index in [-0.39, 0.29) is 35.9 Å². The Morgan fingerprint density at radius 1 is 1.21 bits per heavy atom. The van der Waals surface area contributed by atoms with Crippen molar-refractivity contribution in [1.82, 2.24) is 20.4 Å². The number of guanidine groups is 1. The minimum absolute atomic E-state index is 0. The van der Waals surface area contributed by atoms with E-state index < -0.39 is 0 Å². The van der Waals surface area contributed by atoms with Crippen LogP contribution in [0.4, 0.5) is 0 Å². The van der Waals surface area contributed by atoms with Crippen LogP contribution in [0.5, 0.6) is 0 Å². The standard InChI is InChI=1S/C17H33N5O.HI/c1-4-18-17(19-8-7-15-5-6-15)22-11-9-21(10-12-22)13-16(23)20-14(2)3;/h14-15H,4-13H2,1-3H3,(H,18,19)(H,20,23);1H. The summed E-state index contributed by atoms with van der Waals surface area (Å²) in [6, 6.07) is 0.211. The van der Waals surface area contributed by atoms with Crippen LogP contribution in [0.25, 0.3) is 0 Å². The van der Waals surface area contributed by atoms with Crippen molar-refractivity contribution in [3.63, 3.8) is 0 Å². The molecule has 0 atom stereocenters. The highest BCUT2D eigenvalue weighted by molar-refractivity contribution is 14.0. The normalized spacial score (nSPS) is 19.2. The highest BCUT2D eigenvalue weighted by Gasteiger charge is 2.22. The molecule has 1 aliphatic heterocycles. The predicted octanol–water partition coefficient (Wildman–Crippen LogP) is 1.51. The summed E-state index contributed by atoms with van der Waals surface area (Å²) in [6.07, 6.45) is 4.01. The van der Waals surface area contributed by atoms with E-state index in [0.29, 0.717) is 6.54 Å². The summed E-state index contributed by atoms with van der Waals surface area (Å²) >= 11 is 0. The highest BCUT2D eigenvalue weighted by atomic mass is 127. The van der Waals surface area contributed by atoms with Crippen molar-refractivity contribution < 1.29 is 4.79 Å². The monoisotopic (exact) mass is 451 g/mol. The average Bonchev–Trinajstić information content (AvgIpc) is 3.30. The number of carbonyl (C=O) groups is 1. The van der Waals surface area contributed by atoms with Crippen molar-refractivity contribution in [2.24, 2.45) is 10.9 Å². The highest BCUT2D eigenvalue weighted by Crippen LogP contribution is 2.32. The van der Waals surface area contributed by atoms with E-state index in [9.17, 15) is 4.79 Å². The number of rotatable bonds is 7. The molecule has 2 fully saturated rings. The largest absolute Gasteiger partial charge is 0.357 e. The van der Waals surface area contributed by atoms with Gasteiger partial charge in [-0.2, -0.15) is 0 Å². The third-order valence-electron chi connectivity index (χ3n) is 4.32. The first-order chi connectivity index (χ1) is 11.1. The van der Waals surface area contributed by atoms with E-state index in [1.54, 1.807) is 0 Å². The summed E-state index contributed by atoms with van der Waals surface area (Å²) in [5.74, 6) is 2.09. The van der Waals surface area contributed by atoms with E-state index in [1.165, 1.54) is 19.3 Å². The van der Waals surface area contributed by atoms with Gasteiger partial charge in [0.2, 0.25) is 5.91 Å². The Bertz CT molecular complexity index is 404. The Labute approximate surface area is 163 Å². The van der Waals surface area contributed by atoms with E-state index in [1.807, 2.05) is 13.8 Å². The number of nitrogens with zero attached hydrogens (tertiary/aromatic N) is 3. The minimum atomic E-state index is 0. The van der Waals surface area contributed by atoms with Gasteiger partial charge in [-0.25, -0.2) is 0 Å². The van der Waals surface area contributed by atoms with Crippen LogP contribution >= 0.6 is 24.0 Å². The minimum Gasteiger partial charge on any atom is -0.357 e. The van der Waals surface area contributed by atoms with E-state index in [2.05, 4.69) is 27.4 Å². The van der Waals surface area contributed by atoms with Gasteiger partial charge in [-0.3, -0.25) is 14.7 Å². The Kier molecular flexibility index (Phi) is 9.95. The lowest BCUT2D eigenvalue weighted by Gasteiger charge is -2.36. The average molecular weight is 451 g/mol. The van der Waals surface area contributed by atoms with Crippen molar-refractivity contribution in [1.29, 1.82) is 0 Å². The fraction of sp³-hybridized carbons (Fsp3) is 0.882. The SMILES string of the molecule is CCNC(=NCCC1CC1)N1CCN(CC(=O)NC(C)C)CC1.I. The van der Waals surface area contributed by atoms with Crippen LogP contribution in [0.2, 0.25) is 0 Å². The maximum Gasteiger partial charge on any atom is 0.234 e. The van der Waals surface area contributed by atoms with Gasteiger partial charge < -0.3 is 15.5 Å². The zero-order chi connectivity index (χ0) is 16.7. The van der Waals surface area contributed by atoms with Crippen molar-refractivity contribution in [2.75, 3.05) is 45.8 Å². The number of nitrogens with one attached hydrogen (secondary N) is 2. The van der Waals surface area contributed by atoms with Crippen molar-refractivity contribution in [3.05, 3.63) is 0 Å². The second-order valence-electron chi connectivity index (χ2n) is 6.95. The Hall–Kier alpha value is -0.570. The predicted molar refractivity (Wildman–Crippen MR) is 110 cm³/mol. The van der Waals surface area contributed by atoms with Gasteiger partial charge in [-0.15, -0.1) is 24.0 Å². The molecule has 2 rings (SSSR count). The number of aliphatic imine (C=N–C) groups is 1. The molecule has 1 amide bonds. The van der Waals surface area contributed by atoms with Gasteiger partial charge in [-0.05, 0) is 33.1 Å². The van der Waals surface area contributed by atoms with E-state index >= 15 is 0 Å². The van der Waals surface area contributed by atoms with Gasteiger partial charge in [0.05, 0.1) is 6.54 Å². The van der Waals surface area contributed by atoms with Crippen LogP contribution in [-0.2, 0) is 4.79 Å². The van der Waals surface area contributed by atoms with E-state index in [4.69, 9.17) is 4.99 Å². The quantitative estimate of drug-likeness (QED) is 0.350. The van der Waals surface area contributed by atoms with Crippen LogP contribution in [-0.4, -0.2) is 73.5 Å². The van der Waals surface area contributed by atoms with Crippen LogP contribution < -0.4 is 10.6 Å². The third kappa shape index (κ3) is 8.00. The molecule has 0 aromatic heterocycles. The number of halogens is 1. The van der Waals surface area contributed by atoms with Gasteiger partial charge in [0.1, 0.15) is 0 Å². The van der Waals surface area contributed by atoms with Crippen LogP contribution in [0.3, 0.4) is 0 Å². The number of piperazine rings is 1. The van der Waals surface area contributed by atoms with Gasteiger partial charge in [-0.1, -0.05) is 12.8 Å². The summed E-state index contributed by atoms with van der Waals surface area (Å²) in [5.41, 5.74) is 0. The lowest BCUT2D eigenvalue weighted by molar-refractivity contribution is -0.123. The molecule has 2 N–H and O–H groups in total. The number of hydrogen-bond acceptors (Lipinski definition) is 3. The summed E-state index contributed by atoms with van der Waals surface area (Å²) in [4.78, 5) is 21.2. The molecule has 0 bridgehead atoms. The molecule has 0 radical (unpaired) electrons. The lowest BCUT2D eigenvalue weighted by Crippen LogP contribution is -2.54. The molecule has 1 saturated carbocycles. The van der Waals surface area contributed by atoms with Crippen molar-refractivity contribution in [2.45, 2.75) is 46.1 Å². The third-order valence-corrected chi connectivity index (χ3v) is 4.32. The van der Waals surface area contributed by atoms with Crippen LogP contribution in [0, 0.1) is 5.92 Å². The molecule has 0 unspecified atom stereocenters. The lowest BCUT2D eigenvalue weighted by atomic mass is 10.3. The second kappa shape index (κ2) is 11.1. The molecule has 1 saturated heterocycles. The molecule has 0 spiro atoms. The first-order valence-electron chi connectivity index (χ1n) is 9.13. The van der Waals surface area contributed by atoms with Gasteiger partial charge in [0.15, 0.2) is 5.96 Å². The smallest absolute Gasteiger partial charge is 0.234 e. The van der Waals surface area contributed by atoms with Gasteiger partial charge >= 0.3 is 0 Å². The molecular formula is C17H34IN5O.